The van der Waals surface area contributed by atoms with Gasteiger partial charge >= 0.3 is 12.4 Å². The first-order valence-corrected chi connectivity index (χ1v) is 15.0. The molecule has 0 saturated carbocycles. The number of ether oxygens (including phenoxy) is 1. The van der Waals surface area contributed by atoms with Crippen LogP contribution >= 0.6 is 0 Å². The fourth-order valence-electron chi connectivity index (χ4n) is 5.81. The van der Waals surface area contributed by atoms with Crippen LogP contribution < -0.4 is 0 Å². The zero-order valence-electron chi connectivity index (χ0n) is 26.0. The van der Waals surface area contributed by atoms with Crippen LogP contribution in [0.25, 0.3) is 21.8 Å². The molecule has 0 N–H and O–H groups in total. The van der Waals surface area contributed by atoms with E-state index in [1.165, 1.54) is 41.1 Å². The van der Waals surface area contributed by atoms with Crippen LogP contribution in [0.2, 0.25) is 0 Å². The number of hydrogen-bond donors (Lipinski definition) is 0. The van der Waals surface area contributed by atoms with Crippen molar-refractivity contribution in [2.45, 2.75) is 31.0 Å². The normalized spacial score (nSPS) is 15.7. The number of Topliss-reactive ketones (excluding diaryl/α,β-unsaturated/α-hetero) is 1. The fraction of sp³-hybridized carbons (Fsp3) is 0.171. The molecule has 1 fully saturated rings. The number of nitro benzene ring substituents is 2. The summed E-state index contributed by atoms with van der Waals surface area (Å²) in [5.41, 5.74) is -1.05. The van der Waals surface area contributed by atoms with E-state index < -0.39 is 45.8 Å². The summed E-state index contributed by atoms with van der Waals surface area (Å²) in [6.07, 6.45) is -7.09. The van der Waals surface area contributed by atoms with Gasteiger partial charge in [0.15, 0.2) is 0 Å². The Hall–Kier alpha value is -6.03. The lowest BCUT2D eigenvalue weighted by Crippen LogP contribution is -2.30. The van der Waals surface area contributed by atoms with Crippen molar-refractivity contribution >= 4 is 39.0 Å². The van der Waals surface area contributed by atoms with Gasteiger partial charge in [-0.2, -0.15) is 26.3 Å². The first-order valence-electron chi connectivity index (χ1n) is 15.0. The maximum atomic E-state index is 13.5. The van der Waals surface area contributed by atoms with E-state index in [0.29, 0.717) is 17.4 Å². The van der Waals surface area contributed by atoms with E-state index in [-0.39, 0.29) is 34.4 Å². The van der Waals surface area contributed by atoms with Crippen LogP contribution in [0.4, 0.5) is 37.7 Å². The fourth-order valence-corrected chi connectivity index (χ4v) is 5.81. The van der Waals surface area contributed by atoms with Crippen molar-refractivity contribution < 1.29 is 45.7 Å². The summed E-state index contributed by atoms with van der Waals surface area (Å²) in [4.78, 5) is 32.5. The third-order valence-electron chi connectivity index (χ3n) is 8.37. The minimum absolute atomic E-state index is 0.00849. The first-order chi connectivity index (χ1) is 24.1. The SMILES string of the molecule is O=C(c1cn(Cc2ccccc2)c2cc([N+](=O)[O-])ccc12)C(F)(F)F.O=[N+]([O-])c1ccc2c(C3(C(F)(F)F)CO3)cn(Cc3ccccc3)c2c1. The Labute approximate surface area is 283 Å². The molecule has 0 amide bonds. The number of hydrogen-bond acceptors (Lipinski definition) is 6. The highest BCUT2D eigenvalue weighted by atomic mass is 19.4. The summed E-state index contributed by atoms with van der Waals surface area (Å²) in [5, 5.41) is 22.4. The molecular weight excluding hydrogens is 686 g/mol. The number of fused-ring (bicyclic) bond motifs is 2. The molecular formula is C35H24F6N4O6. The maximum absolute atomic E-state index is 13.5. The number of halogens is 6. The van der Waals surface area contributed by atoms with Gasteiger partial charge in [0.25, 0.3) is 17.2 Å². The smallest absolute Gasteiger partial charge is 0.355 e. The van der Waals surface area contributed by atoms with Gasteiger partial charge < -0.3 is 13.9 Å². The third-order valence-corrected chi connectivity index (χ3v) is 8.37. The molecule has 2 aromatic heterocycles. The lowest BCUT2D eigenvalue weighted by Gasteiger charge is -2.15. The predicted molar refractivity (Wildman–Crippen MR) is 172 cm³/mol. The number of epoxide rings is 1. The van der Waals surface area contributed by atoms with Crippen LogP contribution in [0.15, 0.2) is 109 Å². The zero-order valence-corrected chi connectivity index (χ0v) is 26.0. The Morgan fingerprint density at radius 2 is 1.16 bits per heavy atom. The predicted octanol–water partition coefficient (Wildman–Crippen LogP) is 8.73. The molecule has 7 rings (SSSR count). The number of ketones is 1. The minimum atomic E-state index is -5.02. The summed E-state index contributed by atoms with van der Waals surface area (Å²) in [7, 11) is 0. The Balaban J connectivity index is 0.000000176. The molecule has 16 heteroatoms. The highest BCUT2D eigenvalue weighted by Crippen LogP contribution is 2.54. The van der Waals surface area contributed by atoms with E-state index in [4.69, 9.17) is 4.74 Å². The molecule has 1 unspecified atom stereocenters. The van der Waals surface area contributed by atoms with Crippen LogP contribution in [0.3, 0.4) is 0 Å². The average Bonchev–Trinajstić information content (AvgIpc) is 3.74. The Kier molecular flexibility index (Phi) is 8.89. The molecule has 6 aromatic rings. The number of benzene rings is 4. The topological polar surface area (TPSA) is 126 Å². The van der Waals surface area contributed by atoms with Crippen molar-refractivity contribution in [2.75, 3.05) is 6.61 Å². The lowest BCUT2D eigenvalue weighted by molar-refractivity contribution is -0.384. The number of nitrogens with zero attached hydrogens (tertiary/aromatic N) is 4. The number of rotatable bonds is 8. The van der Waals surface area contributed by atoms with Gasteiger partial charge in [0.05, 0.1) is 33.1 Å². The number of nitro groups is 2. The van der Waals surface area contributed by atoms with Crippen LogP contribution in [0, 0.1) is 20.2 Å². The van der Waals surface area contributed by atoms with Crippen molar-refractivity contribution in [3.63, 3.8) is 0 Å². The van der Waals surface area contributed by atoms with Crippen molar-refractivity contribution in [1.82, 2.24) is 9.13 Å². The van der Waals surface area contributed by atoms with Crippen LogP contribution in [0.1, 0.15) is 27.0 Å². The van der Waals surface area contributed by atoms with E-state index in [0.717, 1.165) is 23.4 Å². The average molecular weight is 711 g/mol. The van der Waals surface area contributed by atoms with Crippen molar-refractivity contribution in [3.8, 4) is 0 Å². The molecule has 1 aliphatic rings. The summed E-state index contributed by atoms with van der Waals surface area (Å²) in [6.45, 7) is 0.0357. The molecule has 0 bridgehead atoms. The van der Waals surface area contributed by atoms with Crippen molar-refractivity contribution in [1.29, 1.82) is 0 Å². The number of carbonyl (C=O) groups excluding carboxylic acids is 1. The summed E-state index contributed by atoms with van der Waals surface area (Å²) < 4.78 is 86.9. The largest absolute Gasteiger partial charge is 0.454 e. The van der Waals surface area contributed by atoms with Crippen LogP contribution in [0.5, 0.6) is 0 Å². The van der Waals surface area contributed by atoms with E-state index in [2.05, 4.69) is 0 Å². The second-order valence-corrected chi connectivity index (χ2v) is 11.7. The first kappa shape index (κ1) is 34.8. The molecule has 1 atom stereocenters. The number of aromatic nitrogens is 2. The lowest BCUT2D eigenvalue weighted by atomic mass is 9.98. The van der Waals surface area contributed by atoms with Gasteiger partial charge in [-0.1, -0.05) is 60.7 Å². The van der Waals surface area contributed by atoms with Gasteiger partial charge in [0, 0.05) is 66.1 Å². The minimum Gasteiger partial charge on any atom is -0.355 e. The van der Waals surface area contributed by atoms with Gasteiger partial charge in [0.1, 0.15) is 0 Å². The molecule has 51 heavy (non-hydrogen) atoms. The highest BCUT2D eigenvalue weighted by Gasteiger charge is 2.68. The summed E-state index contributed by atoms with van der Waals surface area (Å²) in [6, 6.07) is 25.4. The van der Waals surface area contributed by atoms with Crippen LogP contribution in [-0.4, -0.2) is 43.7 Å². The van der Waals surface area contributed by atoms with Gasteiger partial charge in [-0.3, -0.25) is 25.0 Å². The Bertz CT molecular complexity index is 2280. The standard InChI is InChI=1S/C18H13F3N2O3.C17H11F3N2O3/c19-18(20,21)17(11-26-17)15-10-22(9-12-4-2-1-3-5-12)16-8-13(23(24)25)6-7-14(15)16;18-17(19,20)16(23)14-10-21(9-11-4-2-1-3-5-11)15-8-12(22(24)25)6-7-13(14)15/h1-8,10H,9,11H2;1-8,10H,9H2. The van der Waals surface area contributed by atoms with Crippen molar-refractivity contribution in [3.05, 3.63) is 152 Å². The molecule has 1 aliphatic heterocycles. The molecule has 0 spiro atoms. The van der Waals surface area contributed by atoms with E-state index in [1.807, 2.05) is 30.3 Å². The number of non-ortho nitro benzene ring substituents is 2. The van der Waals surface area contributed by atoms with Gasteiger partial charge in [0.2, 0.25) is 5.60 Å². The Morgan fingerprint density at radius 1 is 0.706 bits per heavy atom. The second kappa shape index (κ2) is 13.0. The molecule has 4 aromatic carbocycles. The van der Waals surface area contributed by atoms with Crippen LogP contribution in [-0.2, 0) is 23.4 Å². The zero-order chi connectivity index (χ0) is 36.7. The third kappa shape index (κ3) is 6.90. The van der Waals surface area contributed by atoms with E-state index in [1.54, 1.807) is 34.9 Å². The van der Waals surface area contributed by atoms with Crippen molar-refractivity contribution in [2.24, 2.45) is 0 Å². The number of carbonyl (C=O) groups is 1. The second-order valence-electron chi connectivity index (χ2n) is 11.7. The molecule has 3 heterocycles. The summed E-state index contributed by atoms with van der Waals surface area (Å²) >= 11 is 0. The molecule has 0 radical (unpaired) electrons. The molecule has 0 aliphatic carbocycles. The van der Waals surface area contributed by atoms with E-state index in [9.17, 15) is 51.4 Å². The van der Waals surface area contributed by atoms with Gasteiger partial charge in [-0.15, -0.1) is 0 Å². The highest BCUT2D eigenvalue weighted by molar-refractivity contribution is 6.11. The molecule has 1 saturated heterocycles. The quantitative estimate of drug-likeness (QED) is 0.0512. The van der Waals surface area contributed by atoms with Gasteiger partial charge in [-0.25, -0.2) is 0 Å². The number of alkyl halides is 6. The Morgan fingerprint density at radius 3 is 1.59 bits per heavy atom. The molecule has 262 valence electrons. The van der Waals surface area contributed by atoms with Gasteiger partial charge in [-0.05, 0) is 23.3 Å². The molecule has 10 nitrogen and oxygen atoms in total. The monoisotopic (exact) mass is 710 g/mol. The summed E-state index contributed by atoms with van der Waals surface area (Å²) in [5.74, 6) is -1.97. The maximum Gasteiger partial charge on any atom is 0.454 e. The van der Waals surface area contributed by atoms with E-state index >= 15 is 0 Å².